The Morgan fingerprint density at radius 2 is 1.71 bits per heavy atom. The van der Waals surface area contributed by atoms with Crippen LogP contribution in [0.25, 0.3) is 0 Å². The van der Waals surface area contributed by atoms with Crippen molar-refractivity contribution in [2.45, 2.75) is 23.8 Å². The third-order valence-electron chi connectivity index (χ3n) is 2.55. The Bertz CT molecular complexity index is 391. The van der Waals surface area contributed by atoms with Crippen molar-refractivity contribution in [3.05, 3.63) is 29.8 Å². The van der Waals surface area contributed by atoms with Crippen molar-refractivity contribution in [2.24, 2.45) is 0 Å². The van der Waals surface area contributed by atoms with Crippen LogP contribution in [0.4, 0.5) is 13.2 Å². The Morgan fingerprint density at radius 3 is 2.24 bits per heavy atom. The first-order valence-electron chi connectivity index (χ1n) is 6.39. The van der Waals surface area contributed by atoms with Gasteiger partial charge in [-0.05, 0) is 18.6 Å². The second kappa shape index (κ2) is 9.30. The van der Waals surface area contributed by atoms with Gasteiger partial charge in [-0.25, -0.2) is 0 Å². The van der Waals surface area contributed by atoms with Crippen molar-refractivity contribution in [2.75, 3.05) is 33.2 Å². The summed E-state index contributed by atoms with van der Waals surface area (Å²) in [5.74, 6) is 0.704. The molecule has 1 rings (SSSR count). The normalized spacial score (nSPS) is 12.1. The SMILES string of the molecule is COC(OC)c1ccc(SCCCOCC(F)(F)F)cc1. The molecule has 0 radical (unpaired) electrons. The van der Waals surface area contributed by atoms with Crippen molar-refractivity contribution >= 4 is 11.8 Å². The van der Waals surface area contributed by atoms with Gasteiger partial charge < -0.3 is 14.2 Å². The monoisotopic (exact) mass is 324 g/mol. The zero-order valence-corrected chi connectivity index (χ0v) is 12.8. The van der Waals surface area contributed by atoms with E-state index in [1.54, 1.807) is 26.0 Å². The average molecular weight is 324 g/mol. The van der Waals surface area contributed by atoms with Crippen molar-refractivity contribution in [3.63, 3.8) is 0 Å². The zero-order chi connectivity index (χ0) is 15.7. The molecule has 0 saturated heterocycles. The molecule has 0 aliphatic heterocycles. The van der Waals surface area contributed by atoms with Gasteiger partial charge in [0.05, 0.1) is 0 Å². The molecule has 1 aromatic rings. The summed E-state index contributed by atoms with van der Waals surface area (Å²) in [4.78, 5) is 1.04. The summed E-state index contributed by atoms with van der Waals surface area (Å²) in [7, 11) is 3.13. The van der Waals surface area contributed by atoms with E-state index < -0.39 is 12.8 Å². The summed E-state index contributed by atoms with van der Waals surface area (Å²) in [6.45, 7) is -1.07. The number of benzene rings is 1. The maximum Gasteiger partial charge on any atom is 0.411 e. The molecule has 0 N–H and O–H groups in total. The second-order valence-corrected chi connectivity index (χ2v) is 5.41. The third-order valence-corrected chi connectivity index (χ3v) is 3.65. The molecule has 0 saturated carbocycles. The minimum Gasteiger partial charge on any atom is -0.372 e. The quantitative estimate of drug-likeness (QED) is 0.389. The molecule has 21 heavy (non-hydrogen) atoms. The van der Waals surface area contributed by atoms with Gasteiger partial charge in [0, 0.05) is 37.0 Å². The first-order chi connectivity index (χ1) is 9.96. The molecule has 0 spiro atoms. The number of ether oxygens (including phenoxy) is 3. The van der Waals surface area contributed by atoms with E-state index in [0.717, 1.165) is 10.5 Å². The fourth-order valence-corrected chi connectivity index (χ4v) is 2.45. The molecule has 0 heterocycles. The first-order valence-corrected chi connectivity index (χ1v) is 7.37. The van der Waals surface area contributed by atoms with Crippen molar-refractivity contribution in [1.29, 1.82) is 0 Å². The highest BCUT2D eigenvalue weighted by Gasteiger charge is 2.27. The highest BCUT2D eigenvalue weighted by atomic mass is 32.2. The van der Waals surface area contributed by atoms with E-state index in [1.807, 2.05) is 24.3 Å². The van der Waals surface area contributed by atoms with Gasteiger partial charge in [0.15, 0.2) is 6.29 Å². The number of hydrogen-bond donors (Lipinski definition) is 0. The van der Waals surface area contributed by atoms with Crippen molar-refractivity contribution in [1.82, 2.24) is 0 Å². The maximum absolute atomic E-state index is 11.8. The van der Waals surface area contributed by atoms with Crippen LogP contribution < -0.4 is 0 Å². The van der Waals surface area contributed by atoms with Crippen LogP contribution in [0.15, 0.2) is 29.2 Å². The van der Waals surface area contributed by atoms with Gasteiger partial charge in [0.25, 0.3) is 0 Å². The Morgan fingerprint density at radius 1 is 1.10 bits per heavy atom. The fraction of sp³-hybridized carbons (Fsp3) is 0.571. The van der Waals surface area contributed by atoms with Crippen molar-refractivity contribution in [3.8, 4) is 0 Å². The molecule has 0 aromatic heterocycles. The van der Waals surface area contributed by atoms with Crippen LogP contribution in [0, 0.1) is 0 Å². The van der Waals surface area contributed by atoms with Crippen LogP contribution in [0.2, 0.25) is 0 Å². The van der Waals surface area contributed by atoms with Gasteiger partial charge in [0.2, 0.25) is 0 Å². The van der Waals surface area contributed by atoms with Gasteiger partial charge >= 0.3 is 6.18 Å². The van der Waals surface area contributed by atoms with E-state index in [-0.39, 0.29) is 12.9 Å². The van der Waals surface area contributed by atoms with Gasteiger partial charge in [-0.1, -0.05) is 12.1 Å². The second-order valence-electron chi connectivity index (χ2n) is 4.24. The lowest BCUT2D eigenvalue weighted by atomic mass is 10.2. The summed E-state index contributed by atoms with van der Waals surface area (Å²) in [5.41, 5.74) is 0.915. The lowest BCUT2D eigenvalue weighted by Gasteiger charge is -2.13. The maximum atomic E-state index is 11.8. The summed E-state index contributed by atoms with van der Waals surface area (Å²) in [6, 6.07) is 7.67. The predicted molar refractivity (Wildman–Crippen MR) is 75.4 cm³/mol. The fourth-order valence-electron chi connectivity index (χ4n) is 1.63. The molecule has 0 atom stereocenters. The van der Waals surface area contributed by atoms with Gasteiger partial charge in [-0.3, -0.25) is 0 Å². The van der Waals surface area contributed by atoms with Gasteiger partial charge in [0.1, 0.15) is 6.61 Å². The van der Waals surface area contributed by atoms with E-state index in [0.29, 0.717) is 12.2 Å². The zero-order valence-electron chi connectivity index (χ0n) is 12.0. The molecule has 7 heteroatoms. The van der Waals surface area contributed by atoms with E-state index in [1.165, 1.54) is 0 Å². The summed E-state index contributed by atoms with van der Waals surface area (Å²) >= 11 is 1.57. The van der Waals surface area contributed by atoms with Crippen LogP contribution in [0.5, 0.6) is 0 Å². The molecule has 120 valence electrons. The van der Waals surface area contributed by atoms with Crippen LogP contribution in [0.3, 0.4) is 0 Å². The standard InChI is InChI=1S/C14H19F3O3S/c1-18-13(19-2)11-4-6-12(7-5-11)21-9-3-8-20-10-14(15,16)17/h4-7,13H,3,8-10H2,1-2H3. The Balaban J connectivity index is 2.24. The van der Waals surface area contributed by atoms with E-state index >= 15 is 0 Å². The van der Waals surface area contributed by atoms with Gasteiger partial charge in [-0.15, -0.1) is 11.8 Å². The van der Waals surface area contributed by atoms with Gasteiger partial charge in [-0.2, -0.15) is 13.2 Å². The molecular formula is C14H19F3O3S. The van der Waals surface area contributed by atoms with E-state index in [9.17, 15) is 13.2 Å². The number of halogens is 3. The molecule has 0 bridgehead atoms. The van der Waals surface area contributed by atoms with E-state index in [2.05, 4.69) is 4.74 Å². The highest BCUT2D eigenvalue weighted by Crippen LogP contribution is 2.23. The molecule has 3 nitrogen and oxygen atoms in total. The molecule has 0 aliphatic rings. The molecule has 1 aromatic carbocycles. The van der Waals surface area contributed by atoms with Crippen LogP contribution in [-0.2, 0) is 14.2 Å². The number of alkyl halides is 3. The Hall–Kier alpha value is -0.760. The lowest BCUT2D eigenvalue weighted by molar-refractivity contribution is -0.173. The summed E-state index contributed by atoms with van der Waals surface area (Å²) in [5, 5.41) is 0. The number of methoxy groups -OCH3 is 2. The Kier molecular flexibility index (Phi) is 8.10. The summed E-state index contributed by atoms with van der Waals surface area (Å²) < 4.78 is 50.3. The third kappa shape index (κ3) is 7.71. The van der Waals surface area contributed by atoms with Crippen LogP contribution >= 0.6 is 11.8 Å². The number of hydrogen-bond acceptors (Lipinski definition) is 4. The van der Waals surface area contributed by atoms with Crippen molar-refractivity contribution < 1.29 is 27.4 Å². The van der Waals surface area contributed by atoms with Crippen LogP contribution in [-0.4, -0.2) is 39.4 Å². The minimum atomic E-state index is -4.25. The first kappa shape index (κ1) is 18.3. The topological polar surface area (TPSA) is 27.7 Å². The van der Waals surface area contributed by atoms with E-state index in [4.69, 9.17) is 9.47 Å². The van der Waals surface area contributed by atoms with Crippen LogP contribution in [0.1, 0.15) is 18.3 Å². The highest BCUT2D eigenvalue weighted by molar-refractivity contribution is 7.99. The Labute approximate surface area is 126 Å². The molecule has 0 amide bonds. The smallest absolute Gasteiger partial charge is 0.372 e. The number of thioether (sulfide) groups is 1. The number of rotatable bonds is 9. The largest absolute Gasteiger partial charge is 0.411 e. The average Bonchev–Trinajstić information content (AvgIpc) is 2.44. The summed E-state index contributed by atoms with van der Waals surface area (Å²) in [6.07, 6.45) is -4.07. The molecular weight excluding hydrogens is 305 g/mol. The predicted octanol–water partition coefficient (Wildman–Crippen LogP) is 4.04. The molecule has 0 aliphatic carbocycles. The molecule has 0 unspecified atom stereocenters. The minimum absolute atomic E-state index is 0.111. The molecule has 0 fully saturated rings. The lowest BCUT2D eigenvalue weighted by Crippen LogP contribution is -2.17.